The Kier molecular flexibility index (Phi) is 11.7. The number of hydrogen-bond donors (Lipinski definition) is 0. The summed E-state index contributed by atoms with van der Waals surface area (Å²) in [7, 11) is 0. The van der Waals surface area contributed by atoms with Crippen LogP contribution in [0.3, 0.4) is 0 Å². The Hall–Kier alpha value is -12.9. The molecule has 0 spiro atoms. The van der Waals surface area contributed by atoms with Gasteiger partial charge in [0.1, 0.15) is 0 Å². The smallest absolute Gasteiger partial charge is 0.189 e. The van der Waals surface area contributed by atoms with E-state index in [1.165, 1.54) is 0 Å². The molecule has 0 aliphatic carbocycles. The van der Waals surface area contributed by atoms with E-state index < -0.39 is 0 Å². The summed E-state index contributed by atoms with van der Waals surface area (Å²) < 4.78 is 4.18. The lowest BCUT2D eigenvalue weighted by Crippen LogP contribution is -2.06. The average molecular weight is 1020 g/mol. The Morgan fingerprint density at radius 3 is 0.938 bits per heavy atom. The fourth-order valence-corrected chi connectivity index (χ4v) is 10.8. The van der Waals surface area contributed by atoms with Gasteiger partial charge in [-0.25, -0.2) is 19.4 Å². The Labute approximate surface area is 457 Å². The molecule has 80 heavy (non-hydrogen) atoms. The number of nitrogens with zero attached hydrogens (tertiary/aromatic N) is 12. The normalized spacial score (nSPS) is 10.6. The van der Waals surface area contributed by atoms with Crippen molar-refractivity contribution in [3.05, 3.63) is 256 Å². The lowest BCUT2D eigenvalue weighted by atomic mass is 9.97. The molecule has 0 unspecified atom stereocenters. The highest BCUT2D eigenvalue weighted by atomic mass is 15.0. The topological polar surface area (TPSA) is 159 Å². The summed E-state index contributed by atoms with van der Waals surface area (Å²) >= 11 is 0. The molecule has 0 saturated heterocycles. The van der Waals surface area contributed by atoms with Gasteiger partial charge in [-0.2, -0.15) is 26.3 Å². The summed E-state index contributed by atoms with van der Waals surface area (Å²) in [6.45, 7) is 31.5. The zero-order chi connectivity index (χ0) is 55.2. The van der Waals surface area contributed by atoms with E-state index in [0.717, 1.165) is 65.9 Å². The standard InChI is InChI=1S/C68H30N12/c1-74-53-21-40(33-69)17-49(25-53)44-9-13-58-59-14-10-45(50-18-41(34-70)22-54(26-50)75-2)30-63(59)79(62(58)29-44)66-38-78-39-67(68(66)57-8-6-5-7-48(57)37-73)80-64-31-46(51-19-42(35-71)23-55(27-51)76-3)11-15-60(64)61-16-12-47(32-65(61)80)52-20-43(36-72)24-56(28-52)77-4/h5-32,38-39H. The second kappa shape index (κ2) is 19.4. The van der Waals surface area contributed by atoms with Gasteiger partial charge in [0, 0.05) is 54.9 Å². The number of hydrogen-bond acceptors (Lipinski definition) is 6. The van der Waals surface area contributed by atoms with Crippen LogP contribution in [0.15, 0.2) is 182 Å². The third-order valence-electron chi connectivity index (χ3n) is 14.3. The van der Waals surface area contributed by atoms with E-state index in [1.807, 2.05) is 84.9 Å². The van der Waals surface area contributed by atoms with Crippen molar-refractivity contribution in [3.63, 3.8) is 0 Å². The van der Waals surface area contributed by atoms with Crippen LogP contribution < -0.4 is 0 Å². The predicted molar refractivity (Wildman–Crippen MR) is 309 cm³/mol. The molecule has 12 heteroatoms. The second-order valence-electron chi connectivity index (χ2n) is 18.8. The van der Waals surface area contributed by atoms with E-state index in [-0.39, 0.29) is 0 Å². The highest BCUT2D eigenvalue weighted by Gasteiger charge is 2.26. The molecule has 3 aromatic heterocycles. The Morgan fingerprint density at radius 2 is 0.650 bits per heavy atom. The number of aromatic nitrogens is 3. The van der Waals surface area contributed by atoms with Gasteiger partial charge in [0.15, 0.2) is 22.7 Å². The van der Waals surface area contributed by atoms with Gasteiger partial charge in [0.25, 0.3) is 0 Å². The van der Waals surface area contributed by atoms with Crippen LogP contribution in [0, 0.1) is 82.9 Å². The number of rotatable bonds is 7. The van der Waals surface area contributed by atoms with Crippen LogP contribution >= 0.6 is 0 Å². The zero-order valence-corrected chi connectivity index (χ0v) is 41.7. The molecule has 3 heterocycles. The minimum absolute atomic E-state index is 0.307. The predicted octanol–water partition coefficient (Wildman–Crippen LogP) is 17.2. The monoisotopic (exact) mass is 1010 g/mol. The molecule has 0 atom stereocenters. The summed E-state index contributed by atoms with van der Waals surface area (Å²) in [6, 6.07) is 62.6. The Bertz CT molecular complexity index is 4460. The van der Waals surface area contributed by atoms with Gasteiger partial charge in [-0.3, -0.25) is 4.98 Å². The van der Waals surface area contributed by atoms with Crippen LogP contribution in [0.2, 0.25) is 0 Å². The molecule has 0 aliphatic heterocycles. The van der Waals surface area contributed by atoms with Gasteiger partial charge >= 0.3 is 0 Å². The summed E-state index contributed by atoms with van der Waals surface area (Å²) in [5.41, 5.74) is 13.6. The fraction of sp³-hybridized carbons (Fsp3) is 0. The van der Waals surface area contributed by atoms with Crippen LogP contribution in [0.5, 0.6) is 0 Å². The first-order valence-corrected chi connectivity index (χ1v) is 24.5. The van der Waals surface area contributed by atoms with Gasteiger partial charge in [0.05, 0.1) is 108 Å². The summed E-state index contributed by atoms with van der Waals surface area (Å²) in [5.74, 6) is 0. The van der Waals surface area contributed by atoms with Crippen LogP contribution in [0.4, 0.5) is 22.7 Å². The molecule has 0 N–H and O–H groups in total. The van der Waals surface area contributed by atoms with E-state index >= 15 is 0 Å². The lowest BCUT2D eigenvalue weighted by molar-refractivity contribution is 1.09. The van der Waals surface area contributed by atoms with Crippen molar-refractivity contribution in [1.82, 2.24) is 14.1 Å². The van der Waals surface area contributed by atoms with E-state index in [2.05, 4.69) is 58.9 Å². The zero-order valence-electron chi connectivity index (χ0n) is 41.7. The van der Waals surface area contributed by atoms with Crippen LogP contribution in [0.1, 0.15) is 27.8 Å². The molecule has 0 bridgehead atoms. The molecule has 0 fully saturated rings. The summed E-state index contributed by atoms with van der Waals surface area (Å²) in [4.78, 5) is 19.8. The van der Waals surface area contributed by atoms with Crippen molar-refractivity contribution >= 4 is 66.4 Å². The molecule has 12 rings (SSSR count). The maximum absolute atomic E-state index is 11.0. The first-order valence-electron chi connectivity index (χ1n) is 24.5. The molecule has 362 valence electrons. The van der Waals surface area contributed by atoms with E-state index in [9.17, 15) is 26.3 Å². The molecular weight excluding hydrogens is 985 g/mol. The van der Waals surface area contributed by atoms with Crippen molar-refractivity contribution in [1.29, 1.82) is 26.3 Å². The number of benzene rings is 9. The van der Waals surface area contributed by atoms with Crippen molar-refractivity contribution in [2.75, 3.05) is 0 Å². The lowest BCUT2D eigenvalue weighted by Gasteiger charge is -2.20. The maximum Gasteiger partial charge on any atom is 0.189 e. The summed E-state index contributed by atoms with van der Waals surface area (Å²) in [6.07, 6.45) is 3.52. The van der Waals surface area contributed by atoms with Gasteiger partial charge < -0.3 is 9.13 Å². The van der Waals surface area contributed by atoms with Gasteiger partial charge in [-0.05, 0) is 148 Å². The highest BCUT2D eigenvalue weighted by Crippen LogP contribution is 2.46. The van der Waals surface area contributed by atoms with E-state index in [0.29, 0.717) is 95.3 Å². The number of pyridine rings is 1. The van der Waals surface area contributed by atoms with Gasteiger partial charge in [-0.15, -0.1) is 0 Å². The largest absolute Gasteiger partial charge is 0.307 e. The Morgan fingerprint density at radius 1 is 0.338 bits per heavy atom. The fourth-order valence-electron chi connectivity index (χ4n) is 10.8. The van der Waals surface area contributed by atoms with Crippen LogP contribution in [-0.2, 0) is 0 Å². The SMILES string of the molecule is [C-]#[N+]c1cc(C#N)cc(-c2ccc3c4ccc(-c5cc(C#N)cc([N+]#[C-])c5)cc4n(-c4cncc(-n5c6cc(-c7cc(C#N)cc([N+]#[C-])c7)ccc6c6ccc(-c7cc(C#N)cc([N+]#[C-])c7)cc65)c4-c4ccccc4C#N)c3c2)c1. The highest BCUT2D eigenvalue weighted by molar-refractivity contribution is 6.14. The molecule has 12 aromatic rings. The summed E-state index contributed by atoms with van der Waals surface area (Å²) in [5, 5.41) is 54.7. The number of fused-ring (bicyclic) bond motifs is 6. The molecule has 0 amide bonds. The molecule has 12 nitrogen and oxygen atoms in total. The number of nitriles is 5. The Balaban J connectivity index is 1.24. The van der Waals surface area contributed by atoms with Gasteiger partial charge in [-0.1, -0.05) is 66.7 Å². The van der Waals surface area contributed by atoms with Crippen molar-refractivity contribution < 1.29 is 0 Å². The van der Waals surface area contributed by atoms with Gasteiger partial charge in [0.2, 0.25) is 0 Å². The quantitative estimate of drug-likeness (QED) is 0.145. The third kappa shape index (κ3) is 8.08. The van der Waals surface area contributed by atoms with Crippen molar-refractivity contribution in [2.45, 2.75) is 0 Å². The van der Waals surface area contributed by atoms with Crippen LogP contribution in [-0.4, -0.2) is 14.1 Å². The van der Waals surface area contributed by atoms with E-state index in [4.69, 9.17) is 31.3 Å². The third-order valence-corrected chi connectivity index (χ3v) is 14.3. The van der Waals surface area contributed by atoms with Crippen LogP contribution in [0.25, 0.3) is 130 Å². The second-order valence-corrected chi connectivity index (χ2v) is 18.8. The first-order chi connectivity index (χ1) is 39.2. The maximum atomic E-state index is 11.0. The molecule has 0 aliphatic rings. The average Bonchev–Trinajstić information content (AvgIpc) is 4.07. The minimum atomic E-state index is 0.307. The van der Waals surface area contributed by atoms with Crippen molar-refractivity contribution in [2.24, 2.45) is 0 Å². The minimum Gasteiger partial charge on any atom is -0.307 e. The van der Waals surface area contributed by atoms with E-state index in [1.54, 1.807) is 97.3 Å². The molecule has 0 saturated carbocycles. The van der Waals surface area contributed by atoms with Crippen molar-refractivity contribution in [3.8, 4) is 97.4 Å². The first kappa shape index (κ1) is 48.1. The molecular formula is C68H30N12. The molecule has 0 radical (unpaired) electrons. The molecule has 9 aromatic carbocycles.